The van der Waals surface area contributed by atoms with E-state index in [4.69, 9.17) is 9.72 Å². The van der Waals surface area contributed by atoms with Crippen molar-refractivity contribution in [2.75, 3.05) is 31.6 Å². The second-order valence-electron chi connectivity index (χ2n) is 14.3. The zero-order chi connectivity index (χ0) is 38.2. The van der Waals surface area contributed by atoms with E-state index in [1.165, 1.54) is 19.2 Å². The fourth-order valence-electron chi connectivity index (χ4n) is 7.91. The van der Waals surface area contributed by atoms with Crippen molar-refractivity contribution >= 4 is 35.2 Å². The summed E-state index contributed by atoms with van der Waals surface area (Å²) in [5.41, 5.74) is 2.33. The van der Waals surface area contributed by atoms with Crippen LogP contribution in [0.5, 0.6) is 11.5 Å². The van der Waals surface area contributed by atoms with Crippen LogP contribution in [0.3, 0.4) is 0 Å². The third-order valence-corrected chi connectivity index (χ3v) is 10.8. The van der Waals surface area contributed by atoms with Crippen molar-refractivity contribution in [3.05, 3.63) is 107 Å². The topological polar surface area (TPSA) is 171 Å². The number of unbranched alkanes of at least 4 members (excludes halogenated alkanes) is 1. The number of rotatable bonds is 13. The number of imide groups is 2. The number of aromatic nitrogens is 4. The van der Waals surface area contributed by atoms with Gasteiger partial charge in [0.15, 0.2) is 5.78 Å². The van der Waals surface area contributed by atoms with Crippen LogP contribution in [0.15, 0.2) is 79.1 Å². The van der Waals surface area contributed by atoms with E-state index >= 15 is 0 Å². The number of piperidine rings is 1. The van der Waals surface area contributed by atoms with E-state index in [1.54, 1.807) is 41.1 Å². The number of likely N-dealkylation sites (tertiary alicyclic amines) is 2. The number of piperazine rings is 1. The molecule has 0 radical (unpaired) electrons. The molecule has 3 fully saturated rings. The van der Waals surface area contributed by atoms with Crippen LogP contribution in [0.2, 0.25) is 0 Å². The smallest absolute Gasteiger partial charge is 0.266 e. The van der Waals surface area contributed by atoms with Gasteiger partial charge in [-0.25, -0.2) is 9.67 Å². The van der Waals surface area contributed by atoms with E-state index in [0.717, 1.165) is 52.9 Å². The number of nitrogens with zero attached hydrogens (tertiary/aromatic N) is 8. The Hall–Kier alpha value is -6.38. The molecule has 4 amide bonds. The molecule has 15 nitrogen and oxygen atoms in total. The van der Waals surface area contributed by atoms with E-state index in [2.05, 4.69) is 20.1 Å². The average Bonchev–Trinajstić information content (AvgIpc) is 3.97. The molecule has 55 heavy (non-hydrogen) atoms. The van der Waals surface area contributed by atoms with Crippen molar-refractivity contribution in [1.29, 1.82) is 0 Å². The van der Waals surface area contributed by atoms with Crippen molar-refractivity contribution in [1.82, 2.24) is 34.7 Å². The molecule has 3 saturated heterocycles. The Labute approximate surface area is 316 Å². The molecule has 8 rings (SSSR count). The number of hydrogen-bond acceptors (Lipinski definition) is 12. The monoisotopic (exact) mass is 744 g/mol. The number of carbonyl (C=O) groups is 5. The van der Waals surface area contributed by atoms with E-state index in [0.29, 0.717) is 37.3 Å². The maximum Gasteiger partial charge on any atom is 0.266 e. The molecule has 0 saturated carbocycles. The number of anilines is 1. The second-order valence-corrected chi connectivity index (χ2v) is 14.3. The third kappa shape index (κ3) is 6.93. The minimum atomic E-state index is -1.02. The van der Waals surface area contributed by atoms with Gasteiger partial charge in [0.05, 0.1) is 41.2 Å². The normalized spacial score (nSPS) is 20.7. The number of phenolic OH excluding ortho intramolecular Hbond substituents is 1. The molecule has 0 spiro atoms. The Morgan fingerprint density at radius 2 is 1.78 bits per heavy atom. The number of aromatic hydroxyl groups is 1. The van der Waals surface area contributed by atoms with Gasteiger partial charge in [-0.05, 0) is 68.5 Å². The average molecular weight is 745 g/mol. The van der Waals surface area contributed by atoms with E-state index < -0.39 is 23.8 Å². The summed E-state index contributed by atoms with van der Waals surface area (Å²) in [6.07, 6.45) is 8.54. The molecular formula is C40H40N8O7. The number of carbonyl (C=O) groups excluding carboxylic acids is 5. The summed E-state index contributed by atoms with van der Waals surface area (Å²) in [4.78, 5) is 75.3. The van der Waals surface area contributed by atoms with E-state index in [1.807, 2.05) is 30.6 Å². The summed E-state index contributed by atoms with van der Waals surface area (Å²) in [6.45, 7) is 2.37. The summed E-state index contributed by atoms with van der Waals surface area (Å²) in [5.74, 6) is -1.08. The van der Waals surface area contributed by atoms with Crippen LogP contribution in [0.1, 0.15) is 74.6 Å². The first-order valence-corrected chi connectivity index (χ1v) is 18.5. The maximum atomic E-state index is 13.4. The molecule has 3 atom stereocenters. The standard InChI is InChI=1S/C40H40N8O7/c1-44-36(51)16-15-31(39(44)53)48-38(52)30-11-7-13-34(37(30)40(48)54)55-19-5-4-8-26-22-46(43-42-26)21-25-9-6-14-35(41-25)47-24-27-20-28(47)23-45(27)18-17-33(50)29-10-2-3-12-32(29)49/h2-3,6-7,9-14,17-18,22,27-28,31,49H,4-5,8,15-16,19-21,23-24H2,1H3/b18-17+/t27-,28-,31?/m1/s1. The van der Waals surface area contributed by atoms with E-state index in [-0.39, 0.29) is 53.5 Å². The summed E-state index contributed by atoms with van der Waals surface area (Å²) < 4.78 is 7.75. The number of allylic oxidation sites excluding steroid dienone is 1. The number of likely N-dealkylation sites (N-methyl/N-ethyl adjacent to an activating group) is 1. The number of benzene rings is 2. The molecule has 4 aliphatic heterocycles. The summed E-state index contributed by atoms with van der Waals surface area (Å²) >= 11 is 0. The number of ketones is 1. The molecule has 15 heteroatoms. The van der Waals surface area contributed by atoms with Gasteiger partial charge < -0.3 is 19.6 Å². The SMILES string of the molecule is CN1C(=O)CCC(N2C(=O)c3cccc(OCCCCc4cn(Cc5cccc(N6C[C@H]7C[C@@H]6CN7/C=C/C(=O)c6ccccc6O)n5)nn4)c3C2=O)C1=O. The van der Waals surface area contributed by atoms with Gasteiger partial charge >= 0.3 is 0 Å². The Morgan fingerprint density at radius 1 is 0.945 bits per heavy atom. The summed E-state index contributed by atoms with van der Waals surface area (Å²) in [5, 5.41) is 18.7. The van der Waals surface area contributed by atoms with Gasteiger partial charge in [-0.1, -0.05) is 29.5 Å². The molecule has 1 unspecified atom stereocenters. The largest absolute Gasteiger partial charge is 0.507 e. The number of ether oxygens (including phenoxy) is 1. The molecule has 2 aromatic heterocycles. The molecule has 6 heterocycles. The fourth-order valence-corrected chi connectivity index (χ4v) is 7.91. The minimum absolute atomic E-state index is 0.0201. The van der Waals surface area contributed by atoms with Gasteiger partial charge in [0.25, 0.3) is 17.7 Å². The summed E-state index contributed by atoms with van der Waals surface area (Å²) in [6, 6.07) is 16.9. The Morgan fingerprint density at radius 3 is 2.60 bits per heavy atom. The highest BCUT2D eigenvalue weighted by atomic mass is 16.5. The number of pyridine rings is 1. The van der Waals surface area contributed by atoms with Crippen LogP contribution in [0, 0.1) is 0 Å². The first kappa shape index (κ1) is 35.6. The van der Waals surface area contributed by atoms with Gasteiger partial charge in [-0.3, -0.25) is 33.8 Å². The molecule has 4 aromatic rings. The molecule has 4 aliphatic rings. The highest BCUT2D eigenvalue weighted by molar-refractivity contribution is 6.24. The number of fused-ring (bicyclic) bond motifs is 3. The van der Waals surface area contributed by atoms with Crippen LogP contribution in [0.25, 0.3) is 0 Å². The second kappa shape index (κ2) is 14.8. The van der Waals surface area contributed by atoms with Crippen molar-refractivity contribution in [3.8, 4) is 11.5 Å². The first-order valence-electron chi connectivity index (χ1n) is 18.5. The third-order valence-electron chi connectivity index (χ3n) is 10.8. The molecule has 2 bridgehead atoms. The zero-order valence-corrected chi connectivity index (χ0v) is 30.3. The van der Waals surface area contributed by atoms with Gasteiger partial charge in [-0.2, -0.15) is 0 Å². The zero-order valence-electron chi connectivity index (χ0n) is 30.3. The van der Waals surface area contributed by atoms with Crippen molar-refractivity contribution in [2.45, 2.75) is 63.2 Å². The molecule has 2 aromatic carbocycles. The van der Waals surface area contributed by atoms with Crippen LogP contribution in [-0.4, -0.2) is 114 Å². The molecule has 1 N–H and O–H groups in total. The van der Waals surface area contributed by atoms with Crippen molar-refractivity contribution < 1.29 is 33.8 Å². The van der Waals surface area contributed by atoms with Gasteiger partial charge in [0.1, 0.15) is 23.4 Å². The number of phenols is 1. The van der Waals surface area contributed by atoms with Crippen LogP contribution < -0.4 is 9.64 Å². The Kier molecular flexibility index (Phi) is 9.59. The predicted octanol–water partition coefficient (Wildman–Crippen LogP) is 3.23. The lowest BCUT2D eigenvalue weighted by atomic mass is 10.0. The highest BCUT2D eigenvalue weighted by Gasteiger charge is 2.47. The highest BCUT2D eigenvalue weighted by Crippen LogP contribution is 2.36. The van der Waals surface area contributed by atoms with Crippen LogP contribution >= 0.6 is 0 Å². The van der Waals surface area contributed by atoms with Crippen LogP contribution in [-0.2, 0) is 22.6 Å². The lowest BCUT2D eigenvalue weighted by Crippen LogP contribution is -2.54. The molecule has 0 aliphatic carbocycles. The molecule has 282 valence electrons. The number of hydrogen-bond donors (Lipinski definition) is 1. The first-order chi connectivity index (χ1) is 26.7. The Balaban J connectivity index is 0.804. The van der Waals surface area contributed by atoms with Gasteiger partial charge in [-0.15, -0.1) is 5.10 Å². The van der Waals surface area contributed by atoms with Crippen molar-refractivity contribution in [3.63, 3.8) is 0 Å². The van der Waals surface area contributed by atoms with Gasteiger partial charge in [0.2, 0.25) is 5.91 Å². The Bertz CT molecular complexity index is 2220. The lowest BCUT2D eigenvalue weighted by molar-refractivity contribution is -0.149. The van der Waals surface area contributed by atoms with Crippen LogP contribution in [0.4, 0.5) is 5.82 Å². The van der Waals surface area contributed by atoms with E-state index in [9.17, 15) is 29.1 Å². The lowest BCUT2D eigenvalue weighted by Gasteiger charge is -2.34. The predicted molar refractivity (Wildman–Crippen MR) is 197 cm³/mol. The fraction of sp³-hybridized carbons (Fsp3) is 0.350. The quantitative estimate of drug-likeness (QED) is 0.0919. The summed E-state index contributed by atoms with van der Waals surface area (Å²) in [7, 11) is 1.36. The van der Waals surface area contributed by atoms with Gasteiger partial charge in [0, 0.05) is 57.1 Å². The van der Waals surface area contributed by atoms with Crippen molar-refractivity contribution in [2.24, 2.45) is 0 Å². The minimum Gasteiger partial charge on any atom is -0.507 e. The maximum absolute atomic E-state index is 13.4. The molecular weight excluding hydrogens is 704 g/mol. The number of aryl methyl sites for hydroxylation is 1. The number of para-hydroxylation sites is 1. The number of amides is 4.